The van der Waals surface area contributed by atoms with Gasteiger partial charge in [-0.3, -0.25) is 4.79 Å². The van der Waals surface area contributed by atoms with E-state index in [0.717, 1.165) is 6.26 Å². The number of carbonyl (C=O) groups is 1. The number of hydrogen-bond donors (Lipinski definition) is 1. The van der Waals surface area contributed by atoms with Crippen LogP contribution in [-0.2, 0) is 4.79 Å². The Morgan fingerprint density at radius 1 is 1.62 bits per heavy atom. The van der Waals surface area contributed by atoms with Gasteiger partial charge in [0.25, 0.3) is 0 Å². The van der Waals surface area contributed by atoms with E-state index in [1.165, 1.54) is 12.2 Å². The van der Waals surface area contributed by atoms with E-state index in [4.69, 9.17) is 5.11 Å². The van der Waals surface area contributed by atoms with E-state index in [0.29, 0.717) is 11.9 Å². The zero-order valence-corrected chi connectivity index (χ0v) is 4.66. The molecule has 0 atom stereocenters. The van der Waals surface area contributed by atoms with Crippen LogP contribution in [0.15, 0.2) is 24.0 Å². The molecular weight excluding hydrogens is 104 g/mol. The van der Waals surface area contributed by atoms with Gasteiger partial charge in [0.15, 0.2) is 0 Å². The van der Waals surface area contributed by atoms with Gasteiger partial charge in [-0.15, -0.1) is 0 Å². The standard InChI is InChI=1S/C6H8O2/c1-6(5-8)3-2-4-7/h2-5,8H,1H3. The number of aliphatic hydroxyl groups is 1. The molecular formula is C6H8O2. The molecule has 0 unspecified atom stereocenters. The van der Waals surface area contributed by atoms with Gasteiger partial charge < -0.3 is 5.11 Å². The molecule has 2 nitrogen and oxygen atoms in total. The van der Waals surface area contributed by atoms with Gasteiger partial charge in [-0.05, 0) is 18.6 Å². The summed E-state index contributed by atoms with van der Waals surface area (Å²) < 4.78 is 0. The van der Waals surface area contributed by atoms with Crippen molar-refractivity contribution in [2.45, 2.75) is 6.92 Å². The lowest BCUT2D eigenvalue weighted by Gasteiger charge is -1.80. The molecule has 8 heavy (non-hydrogen) atoms. The van der Waals surface area contributed by atoms with Gasteiger partial charge >= 0.3 is 0 Å². The number of carbonyl (C=O) groups excluding carboxylic acids is 1. The first-order valence-electron chi connectivity index (χ1n) is 2.24. The second-order valence-electron chi connectivity index (χ2n) is 1.37. The predicted molar refractivity (Wildman–Crippen MR) is 31.6 cm³/mol. The van der Waals surface area contributed by atoms with Crippen molar-refractivity contribution < 1.29 is 9.90 Å². The maximum absolute atomic E-state index is 9.63. The van der Waals surface area contributed by atoms with Crippen LogP contribution in [0.5, 0.6) is 0 Å². The average Bonchev–Trinajstić information content (AvgIpc) is 1.83. The van der Waals surface area contributed by atoms with Crippen molar-refractivity contribution in [1.82, 2.24) is 0 Å². The highest BCUT2D eigenvalue weighted by atomic mass is 16.2. The summed E-state index contributed by atoms with van der Waals surface area (Å²) in [5.41, 5.74) is 0.664. The van der Waals surface area contributed by atoms with E-state index in [2.05, 4.69) is 0 Å². The Balaban J connectivity index is 3.69. The monoisotopic (exact) mass is 112 g/mol. The first kappa shape index (κ1) is 6.95. The molecule has 0 aliphatic carbocycles. The first-order valence-corrected chi connectivity index (χ1v) is 2.24. The molecule has 0 radical (unpaired) electrons. The third kappa shape index (κ3) is 3.15. The summed E-state index contributed by atoms with van der Waals surface area (Å²) in [7, 11) is 0. The van der Waals surface area contributed by atoms with Crippen molar-refractivity contribution in [3.63, 3.8) is 0 Å². The highest BCUT2D eigenvalue weighted by Crippen LogP contribution is 1.89. The summed E-state index contributed by atoms with van der Waals surface area (Å²) in [4.78, 5) is 9.63. The largest absolute Gasteiger partial charge is 0.515 e. The molecule has 0 aromatic rings. The molecule has 0 saturated heterocycles. The highest BCUT2D eigenvalue weighted by molar-refractivity contribution is 5.65. The van der Waals surface area contributed by atoms with Crippen molar-refractivity contribution in [3.05, 3.63) is 24.0 Å². The topological polar surface area (TPSA) is 37.3 Å². The van der Waals surface area contributed by atoms with Gasteiger partial charge in [-0.2, -0.15) is 0 Å². The first-order chi connectivity index (χ1) is 3.81. The third-order valence-corrected chi connectivity index (χ3v) is 0.641. The van der Waals surface area contributed by atoms with Crippen molar-refractivity contribution in [2.24, 2.45) is 0 Å². The fourth-order valence-electron chi connectivity index (χ4n) is 0.234. The van der Waals surface area contributed by atoms with Crippen molar-refractivity contribution >= 4 is 6.29 Å². The lowest BCUT2D eigenvalue weighted by molar-refractivity contribution is -0.104. The normalized spacial score (nSPS) is 12.4. The number of aliphatic hydroxyl groups excluding tert-OH is 1. The Hall–Kier alpha value is -1.05. The fourth-order valence-corrected chi connectivity index (χ4v) is 0.234. The molecule has 0 rings (SSSR count). The maximum Gasteiger partial charge on any atom is 0.142 e. The zero-order chi connectivity index (χ0) is 6.41. The Bertz CT molecular complexity index is 122. The summed E-state index contributed by atoms with van der Waals surface area (Å²) >= 11 is 0. The molecule has 0 saturated carbocycles. The SMILES string of the molecule is CC(C=CC=O)=CO. The van der Waals surface area contributed by atoms with Crippen LogP contribution in [0.1, 0.15) is 6.92 Å². The molecule has 0 spiro atoms. The second kappa shape index (κ2) is 4.12. The summed E-state index contributed by atoms with van der Waals surface area (Å²) in [5, 5.41) is 8.23. The van der Waals surface area contributed by atoms with E-state index in [1.54, 1.807) is 6.92 Å². The van der Waals surface area contributed by atoms with Crippen LogP contribution in [0.25, 0.3) is 0 Å². The Labute approximate surface area is 48.1 Å². The van der Waals surface area contributed by atoms with Crippen molar-refractivity contribution in [3.8, 4) is 0 Å². The Kier molecular flexibility index (Phi) is 3.58. The van der Waals surface area contributed by atoms with E-state index >= 15 is 0 Å². The van der Waals surface area contributed by atoms with Crippen LogP contribution >= 0.6 is 0 Å². The molecule has 2 heteroatoms. The molecule has 0 aliphatic rings. The zero-order valence-electron chi connectivity index (χ0n) is 4.66. The minimum absolute atomic E-state index is 0.660. The molecule has 0 aromatic heterocycles. The summed E-state index contributed by atoms with van der Waals surface area (Å²) in [6.45, 7) is 1.69. The fraction of sp³-hybridized carbons (Fsp3) is 0.167. The van der Waals surface area contributed by atoms with Crippen molar-refractivity contribution in [2.75, 3.05) is 0 Å². The van der Waals surface area contributed by atoms with Crippen LogP contribution in [0.2, 0.25) is 0 Å². The highest BCUT2D eigenvalue weighted by Gasteiger charge is 1.74. The minimum atomic E-state index is 0.660. The lowest BCUT2D eigenvalue weighted by atomic mass is 10.3. The predicted octanol–water partition coefficient (Wildman–Crippen LogP) is 1.20. The van der Waals surface area contributed by atoms with Gasteiger partial charge in [0.1, 0.15) is 6.29 Å². The van der Waals surface area contributed by atoms with E-state index < -0.39 is 0 Å². The van der Waals surface area contributed by atoms with Crippen LogP contribution in [0, 0.1) is 0 Å². The molecule has 0 heterocycles. The number of hydrogen-bond acceptors (Lipinski definition) is 2. The van der Waals surface area contributed by atoms with Crippen LogP contribution in [0.3, 0.4) is 0 Å². The Morgan fingerprint density at radius 2 is 2.25 bits per heavy atom. The van der Waals surface area contributed by atoms with Gasteiger partial charge in [0, 0.05) is 0 Å². The molecule has 0 amide bonds. The molecule has 44 valence electrons. The maximum atomic E-state index is 9.63. The minimum Gasteiger partial charge on any atom is -0.515 e. The van der Waals surface area contributed by atoms with E-state index in [9.17, 15) is 4.79 Å². The number of aldehydes is 1. The summed E-state index contributed by atoms with van der Waals surface area (Å²) in [5.74, 6) is 0. The molecule has 0 aromatic carbocycles. The molecule has 0 bridgehead atoms. The van der Waals surface area contributed by atoms with E-state index in [-0.39, 0.29) is 0 Å². The van der Waals surface area contributed by atoms with E-state index in [1.807, 2.05) is 0 Å². The van der Waals surface area contributed by atoms with Gasteiger partial charge in [-0.25, -0.2) is 0 Å². The Morgan fingerprint density at radius 3 is 2.62 bits per heavy atom. The van der Waals surface area contributed by atoms with Gasteiger partial charge in [-0.1, -0.05) is 6.08 Å². The second-order valence-corrected chi connectivity index (χ2v) is 1.37. The van der Waals surface area contributed by atoms with Crippen LogP contribution < -0.4 is 0 Å². The molecule has 0 aliphatic heterocycles. The molecule has 0 fully saturated rings. The summed E-state index contributed by atoms with van der Waals surface area (Å²) in [6.07, 6.45) is 4.45. The van der Waals surface area contributed by atoms with Gasteiger partial charge in [0.2, 0.25) is 0 Å². The average molecular weight is 112 g/mol. The summed E-state index contributed by atoms with van der Waals surface area (Å²) in [6, 6.07) is 0. The van der Waals surface area contributed by atoms with Crippen molar-refractivity contribution in [1.29, 1.82) is 0 Å². The van der Waals surface area contributed by atoms with Gasteiger partial charge in [0.05, 0.1) is 6.26 Å². The molecule has 1 N–H and O–H groups in total. The number of rotatable bonds is 2. The number of allylic oxidation sites excluding steroid dienone is 3. The third-order valence-electron chi connectivity index (χ3n) is 0.641. The lowest BCUT2D eigenvalue weighted by Crippen LogP contribution is -1.66. The van der Waals surface area contributed by atoms with Crippen LogP contribution in [-0.4, -0.2) is 11.4 Å². The smallest absolute Gasteiger partial charge is 0.142 e. The quantitative estimate of drug-likeness (QED) is 0.252. The van der Waals surface area contributed by atoms with Crippen LogP contribution in [0.4, 0.5) is 0 Å².